The molecule has 0 N–H and O–H groups in total. The molecular weight excluding hydrogens is 611 g/mol. The Bertz CT molecular complexity index is 2600. The summed E-state index contributed by atoms with van der Waals surface area (Å²) in [6.07, 6.45) is 5.40. The van der Waals surface area contributed by atoms with Gasteiger partial charge in [-0.3, -0.25) is 0 Å². The van der Waals surface area contributed by atoms with Crippen molar-refractivity contribution in [2.75, 3.05) is 4.90 Å². The van der Waals surface area contributed by atoms with Crippen LogP contribution in [0, 0.1) is 11.8 Å². The third-order valence-corrected chi connectivity index (χ3v) is 13.3. The minimum absolute atomic E-state index is 0.130. The summed E-state index contributed by atoms with van der Waals surface area (Å²) < 4.78 is 2.67. The van der Waals surface area contributed by atoms with Crippen molar-refractivity contribution in [2.45, 2.75) is 31.1 Å². The van der Waals surface area contributed by atoms with Gasteiger partial charge in [-0.15, -0.1) is 11.3 Å². The van der Waals surface area contributed by atoms with Crippen LogP contribution in [0.15, 0.2) is 152 Å². The standard InChI is InChI=1S/C47H35NS/c1-2-10-31(11-3-1)35-24-25-44(39-14-5-4-12-36(35)39)48(34-21-23-41-40-15-7-9-17-45(40)49-46(41)28-34)33-20-22-38-37-13-6-8-16-42(37)47(43(38)27-33)29-30-18-19-32(47)26-30/h1-17,20-25,27-28,30,32H,18-19,26,29H2. The molecule has 7 aromatic carbocycles. The monoisotopic (exact) mass is 645 g/mol. The third kappa shape index (κ3) is 3.93. The normalized spacial score (nSPS) is 20.4. The van der Waals surface area contributed by atoms with Crippen LogP contribution in [0.3, 0.4) is 0 Å². The van der Waals surface area contributed by atoms with Gasteiger partial charge < -0.3 is 4.90 Å². The van der Waals surface area contributed by atoms with Crippen LogP contribution in [-0.2, 0) is 5.41 Å². The van der Waals surface area contributed by atoms with E-state index >= 15 is 0 Å². The second-order valence-corrected chi connectivity index (χ2v) is 15.6. The summed E-state index contributed by atoms with van der Waals surface area (Å²) in [6.45, 7) is 0. The Labute approximate surface area is 291 Å². The summed E-state index contributed by atoms with van der Waals surface area (Å²) in [5.74, 6) is 1.57. The van der Waals surface area contributed by atoms with E-state index in [1.54, 1.807) is 11.1 Å². The lowest BCUT2D eigenvalue weighted by molar-refractivity contribution is 0.327. The summed E-state index contributed by atoms with van der Waals surface area (Å²) in [4.78, 5) is 2.55. The van der Waals surface area contributed by atoms with Crippen molar-refractivity contribution in [1.82, 2.24) is 0 Å². The van der Waals surface area contributed by atoms with Gasteiger partial charge in [-0.05, 0) is 106 Å². The molecule has 49 heavy (non-hydrogen) atoms. The van der Waals surface area contributed by atoms with Gasteiger partial charge in [0.2, 0.25) is 0 Å². The predicted octanol–water partition coefficient (Wildman–Crippen LogP) is 13.4. The van der Waals surface area contributed by atoms with Gasteiger partial charge in [0.05, 0.1) is 5.69 Å². The zero-order valence-electron chi connectivity index (χ0n) is 27.3. The van der Waals surface area contributed by atoms with Gasteiger partial charge in [-0.1, -0.05) is 122 Å². The minimum atomic E-state index is 0.130. The molecule has 1 aromatic heterocycles. The van der Waals surface area contributed by atoms with E-state index in [0.29, 0.717) is 0 Å². The van der Waals surface area contributed by atoms with Gasteiger partial charge in [-0.2, -0.15) is 0 Å². The Kier molecular flexibility index (Phi) is 5.89. The molecule has 1 spiro atoms. The first-order chi connectivity index (χ1) is 24.3. The number of anilines is 3. The fourth-order valence-corrected chi connectivity index (χ4v) is 11.3. The number of rotatable bonds is 4. The van der Waals surface area contributed by atoms with E-state index < -0.39 is 0 Å². The average molecular weight is 646 g/mol. The van der Waals surface area contributed by atoms with Crippen molar-refractivity contribution in [3.05, 3.63) is 163 Å². The molecule has 1 heterocycles. The van der Waals surface area contributed by atoms with Crippen LogP contribution in [0.4, 0.5) is 17.1 Å². The lowest BCUT2D eigenvalue weighted by Gasteiger charge is -2.37. The van der Waals surface area contributed by atoms with Gasteiger partial charge in [-0.25, -0.2) is 0 Å². The second-order valence-electron chi connectivity index (χ2n) is 14.5. The number of hydrogen-bond donors (Lipinski definition) is 0. The highest BCUT2D eigenvalue weighted by Gasteiger charge is 2.56. The van der Waals surface area contributed by atoms with Crippen molar-refractivity contribution in [3.63, 3.8) is 0 Å². The maximum Gasteiger partial charge on any atom is 0.0540 e. The number of benzene rings is 7. The topological polar surface area (TPSA) is 3.24 Å². The molecule has 3 atom stereocenters. The zero-order valence-corrected chi connectivity index (χ0v) is 28.1. The molecule has 3 aliphatic carbocycles. The molecular formula is C47H35NS. The summed E-state index contributed by atoms with van der Waals surface area (Å²) in [7, 11) is 0. The summed E-state index contributed by atoms with van der Waals surface area (Å²) >= 11 is 1.90. The van der Waals surface area contributed by atoms with Crippen molar-refractivity contribution in [2.24, 2.45) is 11.8 Å². The molecule has 2 saturated carbocycles. The van der Waals surface area contributed by atoms with E-state index in [4.69, 9.17) is 0 Å². The Morgan fingerprint density at radius 3 is 2.06 bits per heavy atom. The lowest BCUT2D eigenvalue weighted by atomic mass is 9.67. The highest BCUT2D eigenvalue weighted by atomic mass is 32.1. The minimum Gasteiger partial charge on any atom is -0.310 e. The molecule has 0 radical (unpaired) electrons. The molecule has 0 saturated heterocycles. The maximum atomic E-state index is 2.59. The highest BCUT2D eigenvalue weighted by Crippen LogP contribution is 2.66. The molecule has 1 nitrogen and oxygen atoms in total. The van der Waals surface area contributed by atoms with Crippen LogP contribution in [0.2, 0.25) is 0 Å². The van der Waals surface area contributed by atoms with Crippen molar-refractivity contribution in [3.8, 4) is 22.3 Å². The predicted molar refractivity (Wildman–Crippen MR) is 209 cm³/mol. The van der Waals surface area contributed by atoms with Crippen molar-refractivity contribution in [1.29, 1.82) is 0 Å². The SMILES string of the molecule is c1ccc(-c2ccc(N(c3ccc4c(c3)C3(CC5CCC3C5)c3ccccc3-4)c3ccc4c(c3)sc3ccccc34)c3ccccc23)cc1. The molecule has 11 rings (SSSR count). The molecule has 234 valence electrons. The Morgan fingerprint density at radius 2 is 1.20 bits per heavy atom. The number of thiophene rings is 1. The molecule has 2 bridgehead atoms. The summed E-state index contributed by atoms with van der Waals surface area (Å²) in [5, 5.41) is 5.21. The average Bonchev–Trinajstić information content (AvgIpc) is 3.94. The molecule has 8 aromatic rings. The molecule has 0 amide bonds. The Hall–Kier alpha value is -5.18. The lowest BCUT2D eigenvalue weighted by Crippen LogP contribution is -2.32. The summed E-state index contributed by atoms with van der Waals surface area (Å²) in [6, 6.07) is 57.1. The number of fused-ring (bicyclic) bond motifs is 12. The molecule has 2 heteroatoms. The van der Waals surface area contributed by atoms with E-state index in [9.17, 15) is 0 Å². The first-order valence-electron chi connectivity index (χ1n) is 17.8. The van der Waals surface area contributed by atoms with Crippen LogP contribution < -0.4 is 4.90 Å². The van der Waals surface area contributed by atoms with E-state index in [1.165, 1.54) is 95.9 Å². The van der Waals surface area contributed by atoms with Gasteiger partial charge in [0, 0.05) is 42.3 Å². The van der Waals surface area contributed by atoms with Crippen LogP contribution in [0.1, 0.15) is 36.8 Å². The zero-order chi connectivity index (χ0) is 32.1. The van der Waals surface area contributed by atoms with E-state index in [0.717, 1.165) is 11.8 Å². The van der Waals surface area contributed by atoms with E-state index in [1.807, 2.05) is 11.3 Å². The van der Waals surface area contributed by atoms with E-state index in [-0.39, 0.29) is 5.41 Å². The Morgan fingerprint density at radius 1 is 0.510 bits per heavy atom. The maximum absolute atomic E-state index is 2.59. The number of hydrogen-bond acceptors (Lipinski definition) is 2. The van der Waals surface area contributed by atoms with Crippen LogP contribution in [0.25, 0.3) is 53.2 Å². The fraction of sp³-hybridized carbons (Fsp3) is 0.149. The molecule has 3 aliphatic rings. The first kappa shape index (κ1) is 27.7. The molecule has 3 unspecified atom stereocenters. The number of nitrogens with zero attached hydrogens (tertiary/aromatic N) is 1. The quantitative estimate of drug-likeness (QED) is 0.184. The van der Waals surface area contributed by atoms with Crippen molar-refractivity contribution >= 4 is 59.3 Å². The third-order valence-electron chi connectivity index (χ3n) is 12.1. The Balaban J connectivity index is 1.17. The smallest absolute Gasteiger partial charge is 0.0540 e. The molecule has 2 fully saturated rings. The van der Waals surface area contributed by atoms with Gasteiger partial charge >= 0.3 is 0 Å². The summed E-state index contributed by atoms with van der Waals surface area (Å²) in [5.41, 5.74) is 12.3. The fourth-order valence-electron chi connectivity index (χ4n) is 10.1. The van der Waals surface area contributed by atoms with Crippen LogP contribution in [0.5, 0.6) is 0 Å². The van der Waals surface area contributed by atoms with Crippen molar-refractivity contribution < 1.29 is 0 Å². The van der Waals surface area contributed by atoms with Crippen LogP contribution in [-0.4, -0.2) is 0 Å². The van der Waals surface area contributed by atoms with Gasteiger partial charge in [0.15, 0.2) is 0 Å². The van der Waals surface area contributed by atoms with Gasteiger partial charge in [0.25, 0.3) is 0 Å². The van der Waals surface area contributed by atoms with Gasteiger partial charge in [0.1, 0.15) is 0 Å². The second kappa shape index (κ2) is 10.4. The highest BCUT2D eigenvalue weighted by molar-refractivity contribution is 7.25. The first-order valence-corrected chi connectivity index (χ1v) is 18.6. The van der Waals surface area contributed by atoms with Crippen LogP contribution >= 0.6 is 11.3 Å². The van der Waals surface area contributed by atoms with E-state index in [2.05, 4.69) is 157 Å². The largest absolute Gasteiger partial charge is 0.310 e. The molecule has 0 aliphatic heterocycles.